The molecule has 6 heteroatoms. The van der Waals surface area contributed by atoms with E-state index in [4.69, 9.17) is 0 Å². The molecule has 3 aromatic rings. The quantitative estimate of drug-likeness (QED) is 0.535. The van der Waals surface area contributed by atoms with Crippen molar-refractivity contribution in [1.29, 1.82) is 0 Å². The first-order valence-corrected chi connectivity index (χ1v) is 9.10. The second-order valence-corrected chi connectivity index (χ2v) is 6.57. The van der Waals surface area contributed by atoms with Gasteiger partial charge in [-0.1, -0.05) is 13.0 Å². The van der Waals surface area contributed by atoms with E-state index in [2.05, 4.69) is 50.6 Å². The van der Waals surface area contributed by atoms with Crippen LogP contribution in [0.1, 0.15) is 24.1 Å². The minimum Gasteiger partial charge on any atom is -0.356 e. The molecule has 3 aromatic heterocycles. The van der Waals surface area contributed by atoms with E-state index >= 15 is 0 Å². The Morgan fingerprint density at radius 2 is 2.25 bits per heavy atom. The summed E-state index contributed by atoms with van der Waals surface area (Å²) in [5.74, 6) is 1.30. The number of guanidine groups is 1. The Hall–Kier alpha value is -2.34. The van der Waals surface area contributed by atoms with Crippen LogP contribution in [-0.4, -0.2) is 35.5 Å². The fraction of sp³-hybridized carbons (Fsp3) is 0.333. The molecule has 0 fully saturated rings. The molecule has 5 nitrogen and oxygen atoms in total. The lowest BCUT2D eigenvalue weighted by Gasteiger charge is -2.15. The number of aromatic nitrogens is 2. The molecule has 1 unspecified atom stereocenters. The third kappa shape index (κ3) is 4.14. The van der Waals surface area contributed by atoms with Gasteiger partial charge >= 0.3 is 0 Å². The van der Waals surface area contributed by atoms with Gasteiger partial charge in [-0.3, -0.25) is 4.99 Å². The van der Waals surface area contributed by atoms with Gasteiger partial charge in [0.15, 0.2) is 5.96 Å². The van der Waals surface area contributed by atoms with Crippen LogP contribution in [0.4, 0.5) is 0 Å². The maximum atomic E-state index is 4.61. The highest BCUT2D eigenvalue weighted by Crippen LogP contribution is 2.16. The van der Waals surface area contributed by atoms with Gasteiger partial charge < -0.3 is 15.0 Å². The molecule has 3 rings (SSSR count). The number of hydrogen-bond acceptors (Lipinski definition) is 3. The number of fused-ring (bicyclic) bond motifs is 1. The summed E-state index contributed by atoms with van der Waals surface area (Å²) in [5.41, 5.74) is 3.43. The Morgan fingerprint density at radius 1 is 1.33 bits per heavy atom. The normalized spacial score (nSPS) is 13.2. The van der Waals surface area contributed by atoms with Crippen molar-refractivity contribution in [2.75, 3.05) is 20.1 Å². The largest absolute Gasteiger partial charge is 0.356 e. The Labute approximate surface area is 146 Å². The highest BCUT2D eigenvalue weighted by atomic mass is 32.1. The van der Waals surface area contributed by atoms with Crippen molar-refractivity contribution in [2.24, 2.45) is 4.99 Å². The van der Waals surface area contributed by atoms with Gasteiger partial charge in [-0.2, -0.15) is 11.3 Å². The van der Waals surface area contributed by atoms with Crippen molar-refractivity contribution < 1.29 is 0 Å². The smallest absolute Gasteiger partial charge is 0.191 e. The fourth-order valence-corrected chi connectivity index (χ4v) is 3.34. The van der Waals surface area contributed by atoms with E-state index in [-0.39, 0.29) is 0 Å². The van der Waals surface area contributed by atoms with Crippen LogP contribution in [0.5, 0.6) is 0 Å². The van der Waals surface area contributed by atoms with E-state index < -0.39 is 0 Å². The molecule has 24 heavy (non-hydrogen) atoms. The SMILES string of the molecule is CN=C(NCCc1cn2ccccc2n1)NCC(C)c1ccsc1. The van der Waals surface area contributed by atoms with E-state index in [1.807, 2.05) is 28.8 Å². The standard InChI is InChI=1S/C18H23N5S/c1-14(15-7-10-24-13-15)11-21-18(19-2)20-8-6-16-12-23-9-4-3-5-17(23)22-16/h3-5,7,9-10,12-14H,6,8,11H2,1-2H3,(H2,19,20,21). The third-order valence-electron chi connectivity index (χ3n) is 4.00. The number of aliphatic imine (C=N–C) groups is 1. The maximum absolute atomic E-state index is 4.61. The second kappa shape index (κ2) is 7.97. The van der Waals surface area contributed by atoms with E-state index in [9.17, 15) is 0 Å². The first kappa shape index (κ1) is 16.5. The number of nitrogens with one attached hydrogen (secondary N) is 2. The Morgan fingerprint density at radius 3 is 3.00 bits per heavy atom. The second-order valence-electron chi connectivity index (χ2n) is 5.79. The van der Waals surface area contributed by atoms with Gasteiger partial charge in [-0.15, -0.1) is 0 Å². The molecule has 1 atom stereocenters. The highest BCUT2D eigenvalue weighted by molar-refractivity contribution is 7.07. The molecule has 0 saturated carbocycles. The van der Waals surface area contributed by atoms with Crippen LogP contribution < -0.4 is 10.6 Å². The number of thiophene rings is 1. The lowest BCUT2D eigenvalue weighted by atomic mass is 10.1. The summed E-state index contributed by atoms with van der Waals surface area (Å²) in [6, 6.07) is 8.21. The molecule has 0 aliphatic carbocycles. The van der Waals surface area contributed by atoms with Crippen LogP contribution in [0.3, 0.4) is 0 Å². The van der Waals surface area contributed by atoms with Crippen LogP contribution in [-0.2, 0) is 6.42 Å². The molecular formula is C18H23N5S. The molecule has 126 valence electrons. The number of rotatable bonds is 6. The molecular weight excluding hydrogens is 318 g/mol. The molecule has 0 spiro atoms. The fourth-order valence-electron chi connectivity index (χ4n) is 2.56. The topological polar surface area (TPSA) is 53.7 Å². The molecule has 0 bridgehead atoms. The molecule has 0 amide bonds. The first-order chi connectivity index (χ1) is 11.8. The van der Waals surface area contributed by atoms with Crippen molar-refractivity contribution in [3.8, 4) is 0 Å². The van der Waals surface area contributed by atoms with E-state index in [0.717, 1.165) is 36.8 Å². The third-order valence-corrected chi connectivity index (χ3v) is 4.70. The van der Waals surface area contributed by atoms with Gasteiger partial charge in [0.1, 0.15) is 5.65 Å². The maximum Gasteiger partial charge on any atom is 0.191 e. The zero-order chi connectivity index (χ0) is 16.8. The van der Waals surface area contributed by atoms with Crippen molar-refractivity contribution >= 4 is 22.9 Å². The summed E-state index contributed by atoms with van der Waals surface area (Å²) in [7, 11) is 1.80. The number of nitrogens with zero attached hydrogens (tertiary/aromatic N) is 3. The number of imidazole rings is 1. The van der Waals surface area contributed by atoms with Crippen LogP contribution in [0.15, 0.2) is 52.4 Å². The van der Waals surface area contributed by atoms with Gasteiger partial charge in [-0.25, -0.2) is 4.98 Å². The van der Waals surface area contributed by atoms with Crippen LogP contribution in [0.25, 0.3) is 5.65 Å². The van der Waals surface area contributed by atoms with Gasteiger partial charge in [0.25, 0.3) is 0 Å². The zero-order valence-corrected chi connectivity index (χ0v) is 14.9. The monoisotopic (exact) mass is 341 g/mol. The van der Waals surface area contributed by atoms with E-state index in [0.29, 0.717) is 5.92 Å². The Bertz CT molecular complexity index is 758. The molecule has 0 aliphatic rings. The summed E-state index contributed by atoms with van der Waals surface area (Å²) < 4.78 is 2.05. The average Bonchev–Trinajstić information content (AvgIpc) is 3.26. The minimum absolute atomic E-state index is 0.466. The summed E-state index contributed by atoms with van der Waals surface area (Å²) in [4.78, 5) is 8.89. The summed E-state index contributed by atoms with van der Waals surface area (Å²) >= 11 is 1.74. The molecule has 0 aliphatic heterocycles. The van der Waals surface area contributed by atoms with Crippen molar-refractivity contribution in [2.45, 2.75) is 19.3 Å². The number of pyridine rings is 1. The van der Waals surface area contributed by atoms with Crippen molar-refractivity contribution in [3.05, 3.63) is 58.7 Å². The molecule has 0 radical (unpaired) electrons. The highest BCUT2D eigenvalue weighted by Gasteiger charge is 2.07. The van der Waals surface area contributed by atoms with Gasteiger partial charge in [-0.05, 0) is 40.4 Å². The molecule has 2 N–H and O–H groups in total. The predicted molar refractivity (Wildman–Crippen MR) is 101 cm³/mol. The summed E-state index contributed by atoms with van der Waals surface area (Å²) in [6.07, 6.45) is 4.96. The van der Waals surface area contributed by atoms with Crippen LogP contribution in [0, 0.1) is 0 Å². The average molecular weight is 341 g/mol. The van der Waals surface area contributed by atoms with Gasteiger partial charge in [0.05, 0.1) is 5.69 Å². The molecule has 0 aromatic carbocycles. The summed E-state index contributed by atoms with van der Waals surface area (Å²) in [6.45, 7) is 3.89. The predicted octanol–water partition coefficient (Wildman–Crippen LogP) is 2.91. The lowest BCUT2D eigenvalue weighted by Crippen LogP contribution is -2.39. The Balaban J connectivity index is 1.45. The van der Waals surface area contributed by atoms with Crippen LogP contribution >= 0.6 is 11.3 Å². The Kier molecular flexibility index (Phi) is 5.48. The van der Waals surface area contributed by atoms with Crippen molar-refractivity contribution in [3.63, 3.8) is 0 Å². The zero-order valence-electron chi connectivity index (χ0n) is 14.1. The van der Waals surface area contributed by atoms with Crippen LogP contribution in [0.2, 0.25) is 0 Å². The van der Waals surface area contributed by atoms with E-state index in [1.165, 1.54) is 5.56 Å². The van der Waals surface area contributed by atoms with E-state index in [1.54, 1.807) is 18.4 Å². The first-order valence-electron chi connectivity index (χ1n) is 8.15. The van der Waals surface area contributed by atoms with Gasteiger partial charge in [0.2, 0.25) is 0 Å². The van der Waals surface area contributed by atoms with Gasteiger partial charge in [0, 0.05) is 39.0 Å². The molecule has 0 saturated heterocycles. The summed E-state index contributed by atoms with van der Waals surface area (Å²) in [5, 5.41) is 11.1. The van der Waals surface area contributed by atoms with Crippen molar-refractivity contribution in [1.82, 2.24) is 20.0 Å². The molecule has 3 heterocycles. The lowest BCUT2D eigenvalue weighted by molar-refractivity contribution is 0.699. The minimum atomic E-state index is 0.466. The number of hydrogen-bond donors (Lipinski definition) is 2.